The zero-order valence-electron chi connectivity index (χ0n) is 12.2. The van der Waals surface area contributed by atoms with E-state index >= 15 is 0 Å². The van der Waals surface area contributed by atoms with Crippen LogP contribution in [-0.2, 0) is 4.79 Å². The number of carbonyl (C=O) groups excluding carboxylic acids is 1. The van der Waals surface area contributed by atoms with Gasteiger partial charge in [-0.3, -0.25) is 4.79 Å². The van der Waals surface area contributed by atoms with Gasteiger partial charge in [0.1, 0.15) is 5.75 Å². The molecule has 20 heavy (non-hydrogen) atoms. The molecule has 110 valence electrons. The molecule has 4 heteroatoms. The van der Waals surface area contributed by atoms with Gasteiger partial charge in [-0.05, 0) is 43.9 Å². The van der Waals surface area contributed by atoms with Gasteiger partial charge in [-0.15, -0.1) is 0 Å². The first-order valence-electron chi connectivity index (χ1n) is 7.39. The Morgan fingerprint density at radius 1 is 1.45 bits per heavy atom. The average molecular weight is 276 g/mol. The smallest absolute Gasteiger partial charge is 0.226 e. The Bertz CT molecular complexity index is 444. The molecule has 0 aromatic heterocycles. The monoisotopic (exact) mass is 276 g/mol. The fraction of sp³-hybridized carbons (Fsp3) is 0.562. The van der Waals surface area contributed by atoms with Gasteiger partial charge in [0.05, 0.1) is 13.0 Å². The van der Waals surface area contributed by atoms with Crippen molar-refractivity contribution in [2.45, 2.75) is 38.6 Å². The van der Waals surface area contributed by atoms with E-state index in [1.165, 1.54) is 6.42 Å². The second-order valence-electron chi connectivity index (χ2n) is 5.38. The van der Waals surface area contributed by atoms with E-state index in [0.29, 0.717) is 32.2 Å². The van der Waals surface area contributed by atoms with Gasteiger partial charge in [-0.25, -0.2) is 0 Å². The highest BCUT2D eigenvalue weighted by atomic mass is 16.5. The maximum absolute atomic E-state index is 12.2. The lowest BCUT2D eigenvalue weighted by molar-refractivity contribution is -0.135. The average Bonchev–Trinajstić information content (AvgIpc) is 2.36. The molecule has 0 saturated heterocycles. The summed E-state index contributed by atoms with van der Waals surface area (Å²) >= 11 is 0. The number of benzene rings is 1. The highest BCUT2D eigenvalue weighted by Gasteiger charge is 2.27. The van der Waals surface area contributed by atoms with Crippen molar-refractivity contribution in [3.63, 3.8) is 0 Å². The maximum Gasteiger partial charge on any atom is 0.226 e. The van der Waals surface area contributed by atoms with Gasteiger partial charge in [-0.1, -0.05) is 12.1 Å². The minimum atomic E-state index is 0.160. The molecule has 1 amide bonds. The van der Waals surface area contributed by atoms with E-state index in [0.717, 1.165) is 24.2 Å². The Hall–Kier alpha value is -1.55. The van der Waals surface area contributed by atoms with Crippen molar-refractivity contribution in [3.8, 4) is 5.75 Å². The number of carbonyl (C=O) groups is 1. The quantitative estimate of drug-likeness (QED) is 0.830. The summed E-state index contributed by atoms with van der Waals surface area (Å²) in [5.41, 5.74) is 6.76. The zero-order chi connectivity index (χ0) is 14.4. The summed E-state index contributed by atoms with van der Waals surface area (Å²) in [5.74, 6) is 0.986. The predicted octanol–water partition coefficient (Wildman–Crippen LogP) is 2.10. The van der Waals surface area contributed by atoms with Crippen LogP contribution in [-0.4, -0.2) is 36.5 Å². The molecule has 0 spiro atoms. The second kappa shape index (κ2) is 7.29. The first-order valence-corrected chi connectivity index (χ1v) is 7.39. The molecule has 0 radical (unpaired) electrons. The van der Waals surface area contributed by atoms with E-state index in [2.05, 4.69) is 0 Å². The summed E-state index contributed by atoms with van der Waals surface area (Å²) in [5, 5.41) is 0. The van der Waals surface area contributed by atoms with Crippen LogP contribution in [0.25, 0.3) is 0 Å². The zero-order valence-corrected chi connectivity index (χ0v) is 12.2. The highest BCUT2D eigenvalue weighted by Crippen LogP contribution is 2.25. The Labute approximate surface area is 120 Å². The fourth-order valence-electron chi connectivity index (χ4n) is 2.45. The van der Waals surface area contributed by atoms with Crippen LogP contribution < -0.4 is 10.5 Å². The third kappa shape index (κ3) is 3.97. The van der Waals surface area contributed by atoms with Gasteiger partial charge < -0.3 is 15.4 Å². The minimum absolute atomic E-state index is 0.160. The minimum Gasteiger partial charge on any atom is -0.493 e. The molecular weight excluding hydrogens is 252 g/mol. The molecule has 1 fully saturated rings. The molecule has 0 atom stereocenters. The van der Waals surface area contributed by atoms with Gasteiger partial charge in [-0.2, -0.15) is 0 Å². The van der Waals surface area contributed by atoms with Gasteiger partial charge in [0.25, 0.3) is 0 Å². The summed E-state index contributed by atoms with van der Waals surface area (Å²) < 4.78 is 5.64. The molecule has 0 unspecified atom stereocenters. The molecule has 1 aromatic rings. The number of nitrogens with two attached hydrogens (primary N) is 1. The van der Waals surface area contributed by atoms with Crippen LogP contribution in [0.4, 0.5) is 0 Å². The van der Waals surface area contributed by atoms with Crippen LogP contribution in [0, 0.1) is 6.92 Å². The van der Waals surface area contributed by atoms with Crippen molar-refractivity contribution in [1.82, 2.24) is 4.90 Å². The number of amides is 1. The van der Waals surface area contributed by atoms with Crippen LogP contribution in [0.2, 0.25) is 0 Å². The fourth-order valence-corrected chi connectivity index (χ4v) is 2.45. The topological polar surface area (TPSA) is 55.6 Å². The van der Waals surface area contributed by atoms with E-state index in [1.54, 1.807) is 0 Å². The molecule has 0 bridgehead atoms. The number of nitrogens with zero attached hydrogens (tertiary/aromatic N) is 1. The Kier molecular flexibility index (Phi) is 5.41. The van der Waals surface area contributed by atoms with Crippen LogP contribution in [0.5, 0.6) is 5.75 Å². The Morgan fingerprint density at radius 2 is 2.25 bits per heavy atom. The van der Waals surface area contributed by atoms with Crippen molar-refractivity contribution in [3.05, 3.63) is 29.8 Å². The normalized spacial score (nSPS) is 14.7. The van der Waals surface area contributed by atoms with E-state index in [4.69, 9.17) is 10.5 Å². The van der Waals surface area contributed by atoms with Crippen molar-refractivity contribution in [2.75, 3.05) is 19.7 Å². The lowest BCUT2D eigenvalue weighted by atomic mass is 9.91. The number of ether oxygens (including phenoxy) is 1. The molecule has 1 saturated carbocycles. The van der Waals surface area contributed by atoms with Gasteiger partial charge in [0, 0.05) is 19.1 Å². The van der Waals surface area contributed by atoms with E-state index in [9.17, 15) is 4.79 Å². The number of aryl methyl sites for hydroxylation is 1. The SMILES string of the molecule is Cc1cccc(OCCC(=O)N(CCN)C2CCC2)c1. The van der Waals surface area contributed by atoms with Gasteiger partial charge in [0.2, 0.25) is 5.91 Å². The summed E-state index contributed by atoms with van der Waals surface area (Å²) in [7, 11) is 0. The summed E-state index contributed by atoms with van der Waals surface area (Å²) in [6.45, 7) is 3.64. The molecule has 0 heterocycles. The Balaban J connectivity index is 1.78. The third-order valence-electron chi connectivity index (χ3n) is 3.78. The van der Waals surface area contributed by atoms with E-state index in [-0.39, 0.29) is 5.91 Å². The first kappa shape index (κ1) is 14.9. The molecule has 4 nitrogen and oxygen atoms in total. The third-order valence-corrected chi connectivity index (χ3v) is 3.78. The van der Waals surface area contributed by atoms with Gasteiger partial charge >= 0.3 is 0 Å². The van der Waals surface area contributed by atoms with Crippen LogP contribution in [0.1, 0.15) is 31.2 Å². The lowest BCUT2D eigenvalue weighted by Gasteiger charge is -2.37. The van der Waals surface area contributed by atoms with E-state index < -0.39 is 0 Å². The van der Waals surface area contributed by atoms with Crippen molar-refractivity contribution in [1.29, 1.82) is 0 Å². The Morgan fingerprint density at radius 3 is 2.85 bits per heavy atom. The predicted molar refractivity (Wildman–Crippen MR) is 79.7 cm³/mol. The number of hydrogen-bond donors (Lipinski definition) is 1. The molecule has 1 aliphatic carbocycles. The van der Waals surface area contributed by atoms with Crippen LogP contribution in [0.15, 0.2) is 24.3 Å². The van der Waals surface area contributed by atoms with Crippen molar-refractivity contribution < 1.29 is 9.53 Å². The lowest BCUT2D eigenvalue weighted by Crippen LogP contribution is -2.46. The molecule has 0 aliphatic heterocycles. The maximum atomic E-state index is 12.2. The summed E-state index contributed by atoms with van der Waals surface area (Å²) in [6.07, 6.45) is 3.87. The molecule has 1 aliphatic rings. The van der Waals surface area contributed by atoms with E-state index in [1.807, 2.05) is 36.1 Å². The largest absolute Gasteiger partial charge is 0.493 e. The second-order valence-corrected chi connectivity index (χ2v) is 5.38. The van der Waals surface area contributed by atoms with Crippen LogP contribution in [0.3, 0.4) is 0 Å². The molecule has 2 rings (SSSR count). The molecule has 1 aromatic carbocycles. The van der Waals surface area contributed by atoms with Crippen molar-refractivity contribution >= 4 is 5.91 Å². The summed E-state index contributed by atoms with van der Waals surface area (Å²) in [6, 6.07) is 8.29. The number of rotatable bonds is 7. The van der Waals surface area contributed by atoms with Crippen LogP contribution >= 0.6 is 0 Å². The standard InChI is InChI=1S/C16H24N2O2/c1-13-4-2-7-15(12-13)20-11-8-16(19)18(10-9-17)14-5-3-6-14/h2,4,7,12,14H,3,5-6,8-11,17H2,1H3. The van der Waals surface area contributed by atoms with Crippen molar-refractivity contribution in [2.24, 2.45) is 5.73 Å². The first-order chi connectivity index (χ1) is 9.70. The number of hydrogen-bond acceptors (Lipinski definition) is 3. The molecule has 2 N–H and O–H groups in total. The summed E-state index contributed by atoms with van der Waals surface area (Å²) in [4.78, 5) is 14.1. The molecular formula is C16H24N2O2. The van der Waals surface area contributed by atoms with Gasteiger partial charge in [0.15, 0.2) is 0 Å². The highest BCUT2D eigenvalue weighted by molar-refractivity contribution is 5.76.